The van der Waals surface area contributed by atoms with Crippen LogP contribution in [-0.2, 0) is 13.0 Å². The van der Waals surface area contributed by atoms with Crippen LogP contribution in [0.25, 0.3) is 0 Å². The molecular formula is C23H19FN2O3. The molecule has 29 heavy (non-hydrogen) atoms. The highest BCUT2D eigenvalue weighted by molar-refractivity contribution is 6.06. The minimum Gasteiger partial charge on any atom is -0.472 e. The fraction of sp³-hybridized carbons (Fsp3) is 0.174. The molecular weight excluding hydrogens is 371 g/mol. The summed E-state index contributed by atoms with van der Waals surface area (Å²) in [6, 6.07) is 14.8. The van der Waals surface area contributed by atoms with Gasteiger partial charge in [-0.25, -0.2) is 9.37 Å². The lowest BCUT2D eigenvalue weighted by Crippen LogP contribution is -2.16. The predicted octanol–water partition coefficient (Wildman–Crippen LogP) is 4.57. The number of carbonyl (C=O) groups excluding carboxylic acids is 2. The predicted molar refractivity (Wildman–Crippen MR) is 107 cm³/mol. The van der Waals surface area contributed by atoms with Gasteiger partial charge in [-0.05, 0) is 54.8 Å². The van der Waals surface area contributed by atoms with Gasteiger partial charge in [0.25, 0.3) is 5.91 Å². The van der Waals surface area contributed by atoms with Crippen LogP contribution in [-0.4, -0.2) is 16.7 Å². The number of benzene rings is 2. The summed E-state index contributed by atoms with van der Waals surface area (Å²) in [7, 11) is 0. The number of ether oxygens (including phenoxy) is 1. The summed E-state index contributed by atoms with van der Waals surface area (Å²) in [4.78, 5) is 28.8. The second-order valence-corrected chi connectivity index (χ2v) is 6.84. The maximum atomic E-state index is 13.8. The molecule has 0 saturated heterocycles. The standard InChI is InChI=1S/C23H19FN2O3/c24-20-8-2-1-5-16(20)14-29-23-19(7-4-12-25-23)22(28)26-17-10-11-18-15(13-17)6-3-9-21(18)27/h1-2,4-5,7-8,10-13H,3,6,9,14H2,(H,26,28). The van der Waals surface area contributed by atoms with Gasteiger partial charge in [0.2, 0.25) is 5.88 Å². The molecule has 1 N–H and O–H groups in total. The zero-order valence-electron chi connectivity index (χ0n) is 15.7. The lowest BCUT2D eigenvalue weighted by Gasteiger charge is -2.16. The molecule has 0 spiro atoms. The van der Waals surface area contributed by atoms with Gasteiger partial charge in [0.15, 0.2) is 5.78 Å². The zero-order chi connectivity index (χ0) is 20.2. The van der Waals surface area contributed by atoms with Crippen molar-refractivity contribution in [3.63, 3.8) is 0 Å². The fourth-order valence-corrected chi connectivity index (χ4v) is 3.36. The molecule has 0 atom stereocenters. The van der Waals surface area contributed by atoms with Crippen molar-refractivity contribution >= 4 is 17.4 Å². The van der Waals surface area contributed by atoms with Crippen LogP contribution in [0, 0.1) is 5.82 Å². The first kappa shape index (κ1) is 18.8. The summed E-state index contributed by atoms with van der Waals surface area (Å²) in [6.45, 7) is -0.0368. The van der Waals surface area contributed by atoms with Crippen molar-refractivity contribution in [1.29, 1.82) is 0 Å². The van der Waals surface area contributed by atoms with Crippen molar-refractivity contribution < 1.29 is 18.7 Å². The molecule has 1 aromatic heterocycles. The van der Waals surface area contributed by atoms with E-state index in [0.717, 1.165) is 24.0 Å². The molecule has 146 valence electrons. The van der Waals surface area contributed by atoms with Crippen molar-refractivity contribution in [2.75, 3.05) is 5.32 Å². The average molecular weight is 390 g/mol. The number of anilines is 1. The van der Waals surface area contributed by atoms with Crippen molar-refractivity contribution in [1.82, 2.24) is 4.98 Å². The summed E-state index contributed by atoms with van der Waals surface area (Å²) in [6.07, 6.45) is 3.71. The van der Waals surface area contributed by atoms with Gasteiger partial charge in [-0.1, -0.05) is 18.2 Å². The molecule has 0 bridgehead atoms. The largest absolute Gasteiger partial charge is 0.472 e. The minimum absolute atomic E-state index is 0.0368. The Kier molecular flexibility index (Phi) is 5.33. The van der Waals surface area contributed by atoms with Crippen LogP contribution >= 0.6 is 0 Å². The van der Waals surface area contributed by atoms with E-state index in [-0.39, 0.29) is 35.6 Å². The molecule has 3 aromatic rings. The van der Waals surface area contributed by atoms with Crippen LogP contribution < -0.4 is 10.1 Å². The number of pyridine rings is 1. The maximum absolute atomic E-state index is 13.8. The molecule has 0 saturated carbocycles. The third-order valence-corrected chi connectivity index (χ3v) is 4.85. The summed E-state index contributed by atoms with van der Waals surface area (Å²) in [5.41, 5.74) is 2.90. The molecule has 4 rings (SSSR count). The highest BCUT2D eigenvalue weighted by atomic mass is 19.1. The number of hydrogen-bond acceptors (Lipinski definition) is 4. The number of carbonyl (C=O) groups is 2. The van der Waals surface area contributed by atoms with E-state index in [2.05, 4.69) is 10.3 Å². The van der Waals surface area contributed by atoms with Crippen molar-refractivity contribution in [2.24, 2.45) is 0 Å². The molecule has 1 heterocycles. The zero-order valence-corrected chi connectivity index (χ0v) is 15.7. The summed E-state index contributed by atoms with van der Waals surface area (Å²) in [5, 5.41) is 2.83. The number of aromatic nitrogens is 1. The first-order valence-electron chi connectivity index (χ1n) is 9.40. The second-order valence-electron chi connectivity index (χ2n) is 6.84. The van der Waals surface area contributed by atoms with Crippen LogP contribution in [0.1, 0.15) is 44.7 Å². The van der Waals surface area contributed by atoms with Gasteiger partial charge in [-0.15, -0.1) is 0 Å². The van der Waals surface area contributed by atoms with E-state index < -0.39 is 0 Å². The average Bonchev–Trinajstić information content (AvgIpc) is 2.73. The normalized spacial score (nSPS) is 12.9. The molecule has 6 heteroatoms. The topological polar surface area (TPSA) is 68.3 Å². The number of nitrogens with zero attached hydrogens (tertiary/aromatic N) is 1. The molecule has 5 nitrogen and oxygen atoms in total. The Bertz CT molecular complexity index is 1080. The van der Waals surface area contributed by atoms with E-state index in [1.165, 1.54) is 12.3 Å². The Hall–Kier alpha value is -3.54. The van der Waals surface area contributed by atoms with Crippen LogP contribution in [0.2, 0.25) is 0 Å². The van der Waals surface area contributed by atoms with Crippen LogP contribution in [0.15, 0.2) is 60.8 Å². The quantitative estimate of drug-likeness (QED) is 0.693. The van der Waals surface area contributed by atoms with E-state index in [1.54, 1.807) is 42.5 Å². The molecule has 0 radical (unpaired) electrons. The lowest BCUT2D eigenvalue weighted by molar-refractivity contribution is 0.0971. The van der Waals surface area contributed by atoms with Gasteiger partial charge in [0.05, 0.1) is 0 Å². The van der Waals surface area contributed by atoms with Gasteiger partial charge in [-0.3, -0.25) is 9.59 Å². The van der Waals surface area contributed by atoms with Gasteiger partial charge in [-0.2, -0.15) is 0 Å². The number of Topliss-reactive ketones (excluding diaryl/α,β-unsaturated/α-hetero) is 1. The number of aryl methyl sites for hydroxylation is 1. The van der Waals surface area contributed by atoms with Crippen LogP contribution in [0.5, 0.6) is 5.88 Å². The number of hydrogen-bond donors (Lipinski definition) is 1. The van der Waals surface area contributed by atoms with Gasteiger partial charge >= 0.3 is 0 Å². The number of fused-ring (bicyclic) bond motifs is 1. The molecule has 1 aliphatic rings. The smallest absolute Gasteiger partial charge is 0.261 e. The Morgan fingerprint density at radius 3 is 2.83 bits per heavy atom. The van der Waals surface area contributed by atoms with Crippen LogP contribution in [0.3, 0.4) is 0 Å². The molecule has 0 unspecified atom stereocenters. The highest BCUT2D eigenvalue weighted by Gasteiger charge is 2.19. The SMILES string of the molecule is O=C1CCCc2cc(NC(=O)c3cccnc3OCc3ccccc3F)ccc21. The summed E-state index contributed by atoms with van der Waals surface area (Å²) < 4.78 is 19.4. The van der Waals surface area contributed by atoms with Gasteiger partial charge in [0, 0.05) is 29.4 Å². The van der Waals surface area contributed by atoms with Crippen molar-refractivity contribution in [3.8, 4) is 5.88 Å². The first-order chi connectivity index (χ1) is 14.1. The second kappa shape index (κ2) is 8.22. The maximum Gasteiger partial charge on any atom is 0.261 e. The van der Waals surface area contributed by atoms with Crippen molar-refractivity contribution in [2.45, 2.75) is 25.9 Å². The fourth-order valence-electron chi connectivity index (χ4n) is 3.36. The van der Waals surface area contributed by atoms with E-state index in [4.69, 9.17) is 4.74 Å². The van der Waals surface area contributed by atoms with E-state index >= 15 is 0 Å². The molecule has 1 amide bonds. The van der Waals surface area contributed by atoms with Gasteiger partial charge in [0.1, 0.15) is 18.0 Å². The van der Waals surface area contributed by atoms with E-state index in [1.807, 2.05) is 6.07 Å². The Morgan fingerprint density at radius 2 is 1.97 bits per heavy atom. The number of amides is 1. The molecule has 0 aliphatic heterocycles. The first-order valence-corrected chi connectivity index (χ1v) is 9.40. The molecule has 2 aromatic carbocycles. The third kappa shape index (κ3) is 4.16. The lowest BCUT2D eigenvalue weighted by atomic mass is 9.90. The van der Waals surface area contributed by atoms with Crippen molar-refractivity contribution in [3.05, 3.63) is 88.9 Å². The summed E-state index contributed by atoms with van der Waals surface area (Å²) in [5.74, 6) is -0.497. The molecule has 1 aliphatic carbocycles. The number of rotatable bonds is 5. The Morgan fingerprint density at radius 1 is 1.10 bits per heavy atom. The molecule has 0 fully saturated rings. The van der Waals surface area contributed by atoms with E-state index in [0.29, 0.717) is 17.7 Å². The Balaban J connectivity index is 1.51. The van der Waals surface area contributed by atoms with Crippen LogP contribution in [0.4, 0.5) is 10.1 Å². The monoisotopic (exact) mass is 390 g/mol. The van der Waals surface area contributed by atoms with E-state index in [9.17, 15) is 14.0 Å². The minimum atomic E-state index is -0.385. The number of nitrogens with one attached hydrogen (secondary N) is 1. The summed E-state index contributed by atoms with van der Waals surface area (Å²) >= 11 is 0. The highest BCUT2D eigenvalue weighted by Crippen LogP contribution is 2.25. The number of ketones is 1. The Labute approximate surface area is 167 Å². The number of halogens is 1. The van der Waals surface area contributed by atoms with Gasteiger partial charge < -0.3 is 10.1 Å². The third-order valence-electron chi connectivity index (χ3n) is 4.85.